The van der Waals surface area contributed by atoms with Crippen LogP contribution in [0.25, 0.3) is 0 Å². The van der Waals surface area contributed by atoms with E-state index in [1.807, 2.05) is 13.8 Å². The Morgan fingerprint density at radius 3 is 2.74 bits per heavy atom. The van der Waals surface area contributed by atoms with E-state index in [9.17, 15) is 18.0 Å². The fourth-order valence-corrected chi connectivity index (χ4v) is 2.41. The maximum absolute atomic E-state index is 11.9. The van der Waals surface area contributed by atoms with Crippen molar-refractivity contribution in [3.05, 3.63) is 11.6 Å². The Hall–Kier alpha value is -1.51. The maximum atomic E-state index is 11.9. The van der Waals surface area contributed by atoms with Crippen LogP contribution in [-0.4, -0.2) is 18.8 Å². The van der Waals surface area contributed by atoms with Crippen LogP contribution in [0.5, 0.6) is 0 Å². The molecule has 0 saturated heterocycles. The van der Waals surface area contributed by atoms with Crippen LogP contribution in [0.4, 0.5) is 13.2 Å². The van der Waals surface area contributed by atoms with Crippen LogP contribution in [0.1, 0.15) is 33.1 Å². The smallest absolute Gasteiger partial charge is 0.455 e. The summed E-state index contributed by atoms with van der Waals surface area (Å²) in [6.45, 7) is 3.54. The van der Waals surface area contributed by atoms with E-state index in [1.165, 1.54) is 6.08 Å². The molecule has 0 radical (unpaired) electrons. The first-order chi connectivity index (χ1) is 8.69. The monoisotopic (exact) mass is 275 g/mol. The molecular weight excluding hydrogens is 259 g/mol. The fourth-order valence-electron chi connectivity index (χ4n) is 2.41. The maximum Gasteiger partial charge on any atom is 0.490 e. The molecule has 106 valence electrons. The molecule has 6 heteroatoms. The number of hydrogen-bond donors (Lipinski definition) is 0. The van der Waals surface area contributed by atoms with Gasteiger partial charge >= 0.3 is 12.1 Å². The van der Waals surface area contributed by atoms with Gasteiger partial charge in [-0.1, -0.05) is 19.4 Å². The average Bonchev–Trinajstić information content (AvgIpc) is 2.55. The third-order valence-corrected chi connectivity index (χ3v) is 3.72. The van der Waals surface area contributed by atoms with Crippen molar-refractivity contribution >= 4 is 5.97 Å². The van der Waals surface area contributed by atoms with E-state index in [-0.39, 0.29) is 17.9 Å². The van der Waals surface area contributed by atoms with Crippen LogP contribution < -0.4 is 0 Å². The minimum atomic E-state index is -4.95. The summed E-state index contributed by atoms with van der Waals surface area (Å²) < 4.78 is 40.0. The van der Waals surface area contributed by atoms with Crippen LogP contribution in [0.2, 0.25) is 0 Å². The first-order valence-electron chi connectivity index (χ1n) is 6.00. The lowest BCUT2D eigenvalue weighted by molar-refractivity contribution is -0.198. The summed E-state index contributed by atoms with van der Waals surface area (Å²) in [5, 5.41) is 8.72. The number of nitriles is 1. The molecule has 0 heterocycles. The lowest BCUT2D eigenvalue weighted by atomic mass is 9.77. The quantitative estimate of drug-likeness (QED) is 0.586. The summed E-state index contributed by atoms with van der Waals surface area (Å²) in [5.41, 5.74) is 0.711. The number of carbonyl (C=O) groups excluding carboxylic acids is 1. The van der Waals surface area contributed by atoms with Gasteiger partial charge in [0.15, 0.2) is 0 Å². The summed E-state index contributed by atoms with van der Waals surface area (Å²) >= 11 is 0. The van der Waals surface area contributed by atoms with Crippen molar-refractivity contribution in [1.82, 2.24) is 0 Å². The molecule has 0 aromatic rings. The van der Waals surface area contributed by atoms with Crippen molar-refractivity contribution < 1.29 is 22.7 Å². The van der Waals surface area contributed by atoms with Gasteiger partial charge in [-0.05, 0) is 30.3 Å². The Morgan fingerprint density at radius 1 is 1.58 bits per heavy atom. The van der Waals surface area contributed by atoms with E-state index in [1.54, 1.807) is 0 Å². The number of halogens is 3. The van der Waals surface area contributed by atoms with Crippen LogP contribution in [0, 0.1) is 22.7 Å². The van der Waals surface area contributed by atoms with E-state index in [0.717, 1.165) is 18.4 Å². The van der Waals surface area contributed by atoms with Crippen LogP contribution in [0.3, 0.4) is 0 Å². The highest BCUT2D eigenvalue weighted by Crippen LogP contribution is 2.48. The van der Waals surface area contributed by atoms with E-state index < -0.39 is 12.1 Å². The van der Waals surface area contributed by atoms with Gasteiger partial charge in [-0.25, -0.2) is 4.79 Å². The van der Waals surface area contributed by atoms with Gasteiger partial charge < -0.3 is 4.74 Å². The molecule has 1 aliphatic rings. The molecule has 0 N–H and O–H groups in total. The molecule has 19 heavy (non-hydrogen) atoms. The van der Waals surface area contributed by atoms with Crippen molar-refractivity contribution in [3.8, 4) is 6.07 Å². The Morgan fingerprint density at radius 2 is 2.21 bits per heavy atom. The minimum absolute atomic E-state index is 0.196. The topological polar surface area (TPSA) is 50.1 Å². The molecule has 1 saturated carbocycles. The standard InChI is InChI=1S/C13H16F3NO2/c1-12(2)9(5-7-17)3-4-10(12)6-8-19-11(18)13(14,15)16/h6,9H,3-5,8H2,1-2H3/b10-6+. The zero-order valence-corrected chi connectivity index (χ0v) is 10.9. The number of rotatable bonds is 3. The number of ether oxygens (including phenoxy) is 1. The summed E-state index contributed by atoms with van der Waals surface area (Å²) in [4.78, 5) is 10.5. The van der Waals surface area contributed by atoms with Gasteiger partial charge in [0.1, 0.15) is 6.61 Å². The largest absolute Gasteiger partial charge is 0.490 e. The summed E-state index contributed by atoms with van der Waals surface area (Å²) in [5.74, 6) is -1.98. The van der Waals surface area contributed by atoms with Gasteiger partial charge in [0.25, 0.3) is 0 Å². The van der Waals surface area contributed by atoms with Gasteiger partial charge in [0.2, 0.25) is 0 Å². The Balaban J connectivity index is 2.60. The zero-order chi connectivity index (χ0) is 14.7. The molecule has 0 spiro atoms. The molecule has 0 aromatic heterocycles. The number of alkyl halides is 3. The molecule has 1 aliphatic carbocycles. The highest BCUT2D eigenvalue weighted by atomic mass is 19.4. The predicted octanol–water partition coefficient (Wildman–Crippen LogP) is 3.37. The minimum Gasteiger partial charge on any atom is -0.455 e. The molecule has 0 bridgehead atoms. The Bertz CT molecular complexity index is 419. The highest BCUT2D eigenvalue weighted by Gasteiger charge is 2.41. The summed E-state index contributed by atoms with van der Waals surface area (Å²) in [6, 6.07) is 2.12. The SMILES string of the molecule is CC1(C)/C(=C/COC(=O)C(F)(F)F)CCC1CC#N. The van der Waals surface area contributed by atoms with E-state index in [2.05, 4.69) is 10.8 Å². The molecular formula is C13H16F3NO2. The lowest BCUT2D eigenvalue weighted by Gasteiger charge is -2.27. The summed E-state index contributed by atoms with van der Waals surface area (Å²) in [7, 11) is 0. The van der Waals surface area contributed by atoms with Gasteiger partial charge in [-0.15, -0.1) is 0 Å². The number of nitrogens with zero attached hydrogens (tertiary/aromatic N) is 1. The number of allylic oxidation sites excluding steroid dienone is 1. The van der Waals surface area contributed by atoms with Gasteiger partial charge in [-0.3, -0.25) is 0 Å². The molecule has 1 unspecified atom stereocenters. The van der Waals surface area contributed by atoms with E-state index in [0.29, 0.717) is 6.42 Å². The first-order valence-corrected chi connectivity index (χ1v) is 6.00. The number of esters is 1. The second-order valence-corrected chi connectivity index (χ2v) is 5.15. The third kappa shape index (κ3) is 3.72. The molecule has 1 fully saturated rings. The average molecular weight is 275 g/mol. The third-order valence-electron chi connectivity index (χ3n) is 3.72. The fraction of sp³-hybridized carbons (Fsp3) is 0.692. The normalized spacial score (nSPS) is 24.2. The molecule has 0 aliphatic heterocycles. The second-order valence-electron chi connectivity index (χ2n) is 5.15. The van der Waals surface area contributed by atoms with Crippen LogP contribution >= 0.6 is 0 Å². The molecule has 0 aromatic carbocycles. The van der Waals surface area contributed by atoms with E-state index >= 15 is 0 Å². The van der Waals surface area contributed by atoms with Gasteiger partial charge in [0.05, 0.1) is 6.07 Å². The molecule has 1 rings (SSSR count). The lowest BCUT2D eigenvalue weighted by Crippen LogP contribution is -2.25. The highest BCUT2D eigenvalue weighted by molar-refractivity contribution is 5.75. The first kappa shape index (κ1) is 15.5. The van der Waals surface area contributed by atoms with Crippen molar-refractivity contribution in [2.75, 3.05) is 6.61 Å². The van der Waals surface area contributed by atoms with Crippen molar-refractivity contribution in [2.24, 2.45) is 11.3 Å². The van der Waals surface area contributed by atoms with Gasteiger partial charge in [0, 0.05) is 6.42 Å². The zero-order valence-electron chi connectivity index (χ0n) is 10.9. The number of hydrogen-bond acceptors (Lipinski definition) is 3. The van der Waals surface area contributed by atoms with Crippen molar-refractivity contribution in [2.45, 2.75) is 39.3 Å². The van der Waals surface area contributed by atoms with Crippen LogP contribution in [0.15, 0.2) is 11.6 Å². The Labute approximate surface area is 110 Å². The molecule has 1 atom stereocenters. The van der Waals surface area contributed by atoms with Gasteiger partial charge in [-0.2, -0.15) is 18.4 Å². The van der Waals surface area contributed by atoms with E-state index in [4.69, 9.17) is 5.26 Å². The van der Waals surface area contributed by atoms with Crippen LogP contribution in [-0.2, 0) is 9.53 Å². The second kappa shape index (κ2) is 5.64. The number of carbonyl (C=O) groups is 1. The summed E-state index contributed by atoms with van der Waals surface area (Å²) in [6.07, 6.45) is -1.44. The molecule has 0 amide bonds. The van der Waals surface area contributed by atoms with Crippen molar-refractivity contribution in [3.63, 3.8) is 0 Å². The van der Waals surface area contributed by atoms with Crippen molar-refractivity contribution in [1.29, 1.82) is 5.26 Å². The predicted molar refractivity (Wildman–Crippen MR) is 61.8 cm³/mol. The Kier molecular flexibility index (Phi) is 4.61. The molecule has 3 nitrogen and oxygen atoms in total.